The van der Waals surface area contributed by atoms with Gasteiger partial charge in [-0.1, -0.05) is 37.3 Å². The molecule has 0 atom stereocenters. The number of hydrogen-bond acceptors (Lipinski definition) is 3. The normalized spacial score (nSPS) is 11.9. The summed E-state index contributed by atoms with van der Waals surface area (Å²) in [6, 6.07) is 10.2. The fourth-order valence-corrected chi connectivity index (χ4v) is 2.32. The van der Waals surface area contributed by atoms with Crippen LogP contribution in [0.5, 0.6) is 0 Å². The molecule has 1 N–H and O–H groups in total. The minimum atomic E-state index is -3.82. The van der Waals surface area contributed by atoms with E-state index >= 15 is 0 Å². The molecule has 18 heavy (non-hydrogen) atoms. The van der Waals surface area contributed by atoms with Crippen LogP contribution < -0.4 is 0 Å². The van der Waals surface area contributed by atoms with E-state index in [1.165, 1.54) is 5.56 Å². The molecule has 0 amide bonds. The van der Waals surface area contributed by atoms with Crippen LogP contribution in [0.3, 0.4) is 0 Å². The topological polar surface area (TPSA) is 57.6 Å². The summed E-state index contributed by atoms with van der Waals surface area (Å²) in [7, 11) is -3.82. The monoisotopic (exact) mass is 271 g/mol. The molecule has 0 aliphatic heterocycles. The zero-order valence-corrected chi connectivity index (χ0v) is 11.6. The number of hydrogen-bond donors (Lipinski definition) is 1. The van der Waals surface area contributed by atoms with Gasteiger partial charge in [0, 0.05) is 6.54 Å². The molecule has 0 saturated heterocycles. The fourth-order valence-electron chi connectivity index (χ4n) is 1.83. The molecule has 0 aliphatic carbocycles. The Labute approximate surface area is 109 Å². The van der Waals surface area contributed by atoms with Crippen LogP contribution in [0.2, 0.25) is 0 Å². The van der Waals surface area contributed by atoms with Gasteiger partial charge in [0.05, 0.1) is 5.75 Å². The van der Waals surface area contributed by atoms with Gasteiger partial charge in [0.2, 0.25) is 0 Å². The minimum absolute atomic E-state index is 0.158. The molecule has 1 rings (SSSR count). The largest absolute Gasteiger partial charge is 0.303 e. The maximum absolute atomic E-state index is 10.6. The average molecular weight is 271 g/mol. The second kappa shape index (κ2) is 7.51. The lowest BCUT2D eigenvalue weighted by atomic mass is 10.1. The summed E-state index contributed by atoms with van der Waals surface area (Å²) in [5.41, 5.74) is 1.28. The molecule has 1 aromatic carbocycles. The Morgan fingerprint density at radius 3 is 2.39 bits per heavy atom. The lowest BCUT2D eigenvalue weighted by Gasteiger charge is -2.19. The fraction of sp³-hybridized carbons (Fsp3) is 0.538. The average Bonchev–Trinajstić information content (AvgIpc) is 2.33. The van der Waals surface area contributed by atoms with Gasteiger partial charge in [0.1, 0.15) is 0 Å². The maximum atomic E-state index is 10.6. The molecule has 5 heteroatoms. The summed E-state index contributed by atoms with van der Waals surface area (Å²) >= 11 is 0. The first kappa shape index (κ1) is 15.1. The molecule has 0 saturated carbocycles. The number of benzene rings is 1. The molecule has 4 nitrogen and oxygen atoms in total. The highest BCUT2D eigenvalue weighted by molar-refractivity contribution is 7.85. The van der Waals surface area contributed by atoms with Crippen molar-refractivity contribution in [3.63, 3.8) is 0 Å². The van der Waals surface area contributed by atoms with Gasteiger partial charge >= 0.3 is 0 Å². The Balaban J connectivity index is 2.30. The second-order valence-electron chi connectivity index (χ2n) is 4.31. The van der Waals surface area contributed by atoms with E-state index in [0.29, 0.717) is 13.0 Å². The van der Waals surface area contributed by atoms with E-state index < -0.39 is 10.1 Å². The van der Waals surface area contributed by atoms with Gasteiger partial charge in [-0.3, -0.25) is 4.55 Å². The smallest absolute Gasteiger partial charge is 0.264 e. The quantitative estimate of drug-likeness (QED) is 0.733. The van der Waals surface area contributed by atoms with Gasteiger partial charge < -0.3 is 4.90 Å². The van der Waals surface area contributed by atoms with Gasteiger partial charge in [-0.15, -0.1) is 0 Å². The van der Waals surface area contributed by atoms with E-state index in [4.69, 9.17) is 4.55 Å². The van der Waals surface area contributed by atoms with Crippen LogP contribution in [0.1, 0.15) is 18.9 Å². The summed E-state index contributed by atoms with van der Waals surface area (Å²) in [6.07, 6.45) is 1.43. The van der Waals surface area contributed by atoms with Crippen LogP contribution in [0, 0.1) is 0 Å². The summed E-state index contributed by atoms with van der Waals surface area (Å²) < 4.78 is 29.9. The van der Waals surface area contributed by atoms with Crippen molar-refractivity contribution in [3.05, 3.63) is 35.9 Å². The third-order valence-corrected chi connectivity index (χ3v) is 3.69. The molecule has 0 radical (unpaired) electrons. The Morgan fingerprint density at radius 1 is 1.17 bits per heavy atom. The highest BCUT2D eigenvalue weighted by Crippen LogP contribution is 2.02. The van der Waals surface area contributed by atoms with E-state index in [2.05, 4.69) is 24.0 Å². The van der Waals surface area contributed by atoms with Gasteiger partial charge in [0.25, 0.3) is 10.1 Å². The molecule has 0 aromatic heterocycles. The van der Waals surface area contributed by atoms with Gasteiger partial charge in [-0.25, -0.2) is 0 Å². The van der Waals surface area contributed by atoms with Gasteiger partial charge in [-0.2, -0.15) is 8.42 Å². The van der Waals surface area contributed by atoms with Gasteiger partial charge in [-0.05, 0) is 31.5 Å². The third kappa shape index (κ3) is 6.74. The van der Waals surface area contributed by atoms with Crippen molar-refractivity contribution in [2.75, 3.05) is 25.4 Å². The van der Waals surface area contributed by atoms with Crippen LogP contribution in [-0.2, 0) is 16.5 Å². The van der Waals surface area contributed by atoms with Crippen molar-refractivity contribution in [3.8, 4) is 0 Å². The lowest BCUT2D eigenvalue weighted by Crippen LogP contribution is -2.28. The van der Waals surface area contributed by atoms with Crippen molar-refractivity contribution in [1.29, 1.82) is 0 Å². The van der Waals surface area contributed by atoms with E-state index in [-0.39, 0.29) is 5.75 Å². The van der Waals surface area contributed by atoms with E-state index in [1.54, 1.807) is 0 Å². The molecular formula is C13H21NO3S. The second-order valence-corrected chi connectivity index (χ2v) is 5.88. The molecule has 0 fully saturated rings. The van der Waals surface area contributed by atoms with Crippen LogP contribution in [-0.4, -0.2) is 43.3 Å². The van der Waals surface area contributed by atoms with Crippen LogP contribution in [0.25, 0.3) is 0 Å². The molecule has 102 valence electrons. The number of rotatable bonds is 8. The number of likely N-dealkylation sites (N-methyl/N-ethyl adjacent to an activating group) is 1. The Kier molecular flexibility index (Phi) is 6.32. The summed E-state index contributed by atoms with van der Waals surface area (Å²) in [4.78, 5) is 2.19. The summed E-state index contributed by atoms with van der Waals surface area (Å²) in [6.45, 7) is 4.55. The predicted octanol–water partition coefficient (Wildman–Crippen LogP) is 1.83. The zero-order chi connectivity index (χ0) is 13.4. The maximum Gasteiger partial charge on any atom is 0.264 e. The lowest BCUT2D eigenvalue weighted by molar-refractivity contribution is 0.292. The molecule has 1 aromatic rings. The third-order valence-electron chi connectivity index (χ3n) is 2.88. The highest BCUT2D eigenvalue weighted by Gasteiger charge is 2.07. The van der Waals surface area contributed by atoms with Crippen molar-refractivity contribution in [2.24, 2.45) is 0 Å². The van der Waals surface area contributed by atoms with Crippen LogP contribution >= 0.6 is 0 Å². The Hall–Kier alpha value is -0.910. The van der Waals surface area contributed by atoms with E-state index in [0.717, 1.165) is 19.5 Å². The SMILES string of the molecule is CCN(CCCS(=O)(=O)O)CCc1ccccc1. The first-order valence-electron chi connectivity index (χ1n) is 6.22. The standard InChI is InChI=1S/C13H21NO3S/c1-2-14(10-6-12-18(15,16)17)11-9-13-7-4-3-5-8-13/h3-5,7-8H,2,6,9-12H2,1H3,(H,15,16,17). The molecular weight excluding hydrogens is 250 g/mol. The Bertz CT molecular complexity index is 431. The van der Waals surface area contributed by atoms with Crippen molar-refractivity contribution in [1.82, 2.24) is 4.90 Å². The summed E-state index contributed by atoms with van der Waals surface area (Å²) in [5.74, 6) is -0.158. The van der Waals surface area contributed by atoms with E-state index in [1.807, 2.05) is 18.2 Å². The van der Waals surface area contributed by atoms with E-state index in [9.17, 15) is 8.42 Å². The predicted molar refractivity (Wildman–Crippen MR) is 73.3 cm³/mol. The summed E-state index contributed by atoms with van der Waals surface area (Å²) in [5, 5.41) is 0. The first-order valence-corrected chi connectivity index (χ1v) is 7.83. The molecule has 0 unspecified atom stereocenters. The molecule has 0 spiro atoms. The van der Waals surface area contributed by atoms with Crippen LogP contribution in [0.4, 0.5) is 0 Å². The molecule has 0 heterocycles. The zero-order valence-electron chi connectivity index (χ0n) is 10.7. The molecule has 0 bridgehead atoms. The van der Waals surface area contributed by atoms with Crippen molar-refractivity contribution < 1.29 is 13.0 Å². The van der Waals surface area contributed by atoms with Gasteiger partial charge in [0.15, 0.2) is 0 Å². The highest BCUT2D eigenvalue weighted by atomic mass is 32.2. The Morgan fingerprint density at radius 2 is 1.83 bits per heavy atom. The minimum Gasteiger partial charge on any atom is -0.303 e. The molecule has 0 aliphatic rings. The van der Waals surface area contributed by atoms with Crippen molar-refractivity contribution >= 4 is 10.1 Å². The van der Waals surface area contributed by atoms with Crippen LogP contribution in [0.15, 0.2) is 30.3 Å². The first-order chi connectivity index (χ1) is 8.51. The van der Waals surface area contributed by atoms with Crippen molar-refractivity contribution in [2.45, 2.75) is 19.8 Å². The number of nitrogens with zero attached hydrogens (tertiary/aromatic N) is 1.